The minimum Gasteiger partial charge on any atom is -0.384 e. The van der Waals surface area contributed by atoms with Crippen molar-refractivity contribution in [1.82, 2.24) is 5.32 Å². The zero-order valence-corrected chi connectivity index (χ0v) is 4.70. The zero-order chi connectivity index (χ0) is 6.91. The summed E-state index contributed by atoms with van der Waals surface area (Å²) in [6.45, 7) is 0. The second-order valence-corrected chi connectivity index (χ2v) is 1.80. The Morgan fingerprint density at radius 2 is 2.44 bits per heavy atom. The fraction of sp³-hybridized carbons (Fsp3) is 0.250. The molecule has 0 bridgehead atoms. The lowest BCUT2D eigenvalue weighted by Gasteiger charge is -2.21. The lowest BCUT2D eigenvalue weighted by Crippen LogP contribution is -2.53. The van der Waals surface area contributed by atoms with E-state index in [-0.39, 0.29) is 5.82 Å². The summed E-state index contributed by atoms with van der Waals surface area (Å²) in [5.74, 6) is -1.33. The van der Waals surface area contributed by atoms with Gasteiger partial charge in [0.15, 0.2) is 0 Å². The van der Waals surface area contributed by atoms with E-state index in [1.54, 1.807) is 0 Å². The van der Waals surface area contributed by atoms with E-state index in [1.165, 1.54) is 12.4 Å². The first kappa shape index (κ1) is 6.06. The first-order valence-electron chi connectivity index (χ1n) is 2.40. The van der Waals surface area contributed by atoms with E-state index in [0.29, 0.717) is 0 Å². The molecule has 0 radical (unpaired) electrons. The number of nitrogens with one attached hydrogen (secondary N) is 1. The van der Waals surface area contributed by atoms with Crippen LogP contribution in [0.1, 0.15) is 0 Å². The fourth-order valence-corrected chi connectivity index (χ4v) is 0.515. The molecule has 5 heteroatoms. The van der Waals surface area contributed by atoms with Crippen LogP contribution >= 0.6 is 0 Å². The van der Waals surface area contributed by atoms with Crippen molar-refractivity contribution in [3.63, 3.8) is 0 Å². The van der Waals surface area contributed by atoms with Crippen molar-refractivity contribution < 1.29 is 5.11 Å². The molecule has 9 heavy (non-hydrogen) atoms. The standard InChI is InChI=1S/C4H8N4O/c5-3-1-4(6,9)8-2-7-3/h1-2,9H,5-6H2,(H,7,8). The molecule has 1 aliphatic rings. The largest absolute Gasteiger partial charge is 0.384 e. The molecular formula is C4H8N4O. The first-order chi connectivity index (χ1) is 4.10. The van der Waals surface area contributed by atoms with Crippen molar-refractivity contribution in [3.8, 4) is 0 Å². The molecule has 0 aromatic carbocycles. The molecule has 1 atom stereocenters. The smallest absolute Gasteiger partial charge is 0.215 e. The Kier molecular flexibility index (Phi) is 1.15. The van der Waals surface area contributed by atoms with Crippen LogP contribution in [0.25, 0.3) is 0 Å². The lowest BCUT2D eigenvalue weighted by atomic mass is 10.3. The number of aliphatic hydroxyl groups is 1. The van der Waals surface area contributed by atoms with Gasteiger partial charge in [-0.05, 0) is 0 Å². The summed E-state index contributed by atoms with van der Waals surface area (Å²) in [6.07, 6.45) is 2.46. The van der Waals surface area contributed by atoms with Gasteiger partial charge in [-0.25, -0.2) is 4.99 Å². The molecule has 0 aromatic heterocycles. The van der Waals surface area contributed by atoms with Gasteiger partial charge in [-0.15, -0.1) is 0 Å². The fourth-order valence-electron chi connectivity index (χ4n) is 0.515. The third-order valence-electron chi connectivity index (χ3n) is 0.877. The van der Waals surface area contributed by atoms with E-state index in [9.17, 15) is 0 Å². The topological polar surface area (TPSA) is 96.7 Å². The maximum atomic E-state index is 8.96. The summed E-state index contributed by atoms with van der Waals surface area (Å²) in [5.41, 5.74) is 10.4. The summed E-state index contributed by atoms with van der Waals surface area (Å²) < 4.78 is 0. The Labute approximate surface area is 52.1 Å². The van der Waals surface area contributed by atoms with Crippen LogP contribution in [-0.4, -0.2) is 17.3 Å². The van der Waals surface area contributed by atoms with Crippen LogP contribution in [0.2, 0.25) is 0 Å². The van der Waals surface area contributed by atoms with E-state index in [2.05, 4.69) is 10.3 Å². The van der Waals surface area contributed by atoms with Gasteiger partial charge in [0.05, 0.1) is 6.34 Å². The highest BCUT2D eigenvalue weighted by Gasteiger charge is 2.18. The molecule has 1 unspecified atom stereocenters. The summed E-state index contributed by atoms with van der Waals surface area (Å²) in [7, 11) is 0. The molecule has 0 aromatic rings. The Bertz CT molecular complexity index is 171. The van der Waals surface area contributed by atoms with Crippen molar-refractivity contribution in [3.05, 3.63) is 11.9 Å². The third-order valence-corrected chi connectivity index (χ3v) is 0.877. The molecule has 0 amide bonds. The molecule has 0 fully saturated rings. The highest BCUT2D eigenvalue weighted by Crippen LogP contribution is 1.98. The highest BCUT2D eigenvalue weighted by molar-refractivity contribution is 5.59. The molecule has 0 spiro atoms. The van der Waals surface area contributed by atoms with Gasteiger partial charge in [-0.1, -0.05) is 0 Å². The van der Waals surface area contributed by atoms with Crippen molar-refractivity contribution in [1.29, 1.82) is 0 Å². The molecular weight excluding hydrogens is 120 g/mol. The van der Waals surface area contributed by atoms with Gasteiger partial charge >= 0.3 is 0 Å². The quantitative estimate of drug-likeness (QED) is 0.284. The molecule has 0 saturated carbocycles. The highest BCUT2D eigenvalue weighted by atomic mass is 16.3. The third kappa shape index (κ3) is 1.41. The van der Waals surface area contributed by atoms with Crippen molar-refractivity contribution >= 4 is 6.34 Å². The SMILES string of the molecule is NC1=CC(N)(O)NC=N1. The monoisotopic (exact) mass is 128 g/mol. The Morgan fingerprint density at radius 1 is 1.78 bits per heavy atom. The van der Waals surface area contributed by atoms with Gasteiger partial charge in [0, 0.05) is 6.08 Å². The summed E-state index contributed by atoms with van der Waals surface area (Å²) >= 11 is 0. The van der Waals surface area contributed by atoms with Gasteiger partial charge in [0.25, 0.3) is 0 Å². The number of nitrogens with zero attached hydrogens (tertiary/aromatic N) is 1. The van der Waals surface area contributed by atoms with Crippen LogP contribution in [0.5, 0.6) is 0 Å². The van der Waals surface area contributed by atoms with Crippen LogP contribution in [0.15, 0.2) is 16.9 Å². The molecule has 5 nitrogen and oxygen atoms in total. The number of rotatable bonds is 0. The van der Waals surface area contributed by atoms with Crippen LogP contribution in [-0.2, 0) is 0 Å². The minimum absolute atomic E-state index is 0.207. The maximum absolute atomic E-state index is 8.96. The van der Waals surface area contributed by atoms with Gasteiger partial charge in [-0.2, -0.15) is 0 Å². The van der Waals surface area contributed by atoms with Gasteiger partial charge in [-0.3, -0.25) is 5.73 Å². The van der Waals surface area contributed by atoms with Crippen LogP contribution < -0.4 is 16.8 Å². The molecule has 1 heterocycles. The van der Waals surface area contributed by atoms with Crippen molar-refractivity contribution in [2.75, 3.05) is 0 Å². The van der Waals surface area contributed by atoms with E-state index >= 15 is 0 Å². The van der Waals surface area contributed by atoms with E-state index in [0.717, 1.165) is 0 Å². The Morgan fingerprint density at radius 3 is 2.78 bits per heavy atom. The lowest BCUT2D eigenvalue weighted by molar-refractivity contribution is 0.0816. The van der Waals surface area contributed by atoms with Crippen LogP contribution in [0, 0.1) is 0 Å². The summed E-state index contributed by atoms with van der Waals surface area (Å²) in [5, 5.41) is 11.3. The second-order valence-electron chi connectivity index (χ2n) is 1.80. The molecule has 1 rings (SSSR count). The van der Waals surface area contributed by atoms with Gasteiger partial charge < -0.3 is 16.2 Å². The normalized spacial score (nSPS) is 33.3. The van der Waals surface area contributed by atoms with Crippen molar-refractivity contribution in [2.24, 2.45) is 16.5 Å². The Hall–Kier alpha value is -1.07. The van der Waals surface area contributed by atoms with E-state index in [4.69, 9.17) is 16.6 Å². The molecule has 50 valence electrons. The van der Waals surface area contributed by atoms with E-state index < -0.39 is 5.85 Å². The number of hydrogen-bond acceptors (Lipinski definition) is 5. The number of aliphatic imine (C=N–C) groups is 1. The molecule has 1 aliphatic heterocycles. The van der Waals surface area contributed by atoms with Crippen LogP contribution in [0.3, 0.4) is 0 Å². The molecule has 0 aliphatic carbocycles. The average molecular weight is 128 g/mol. The minimum atomic E-state index is -1.54. The predicted octanol–water partition coefficient (Wildman–Crippen LogP) is -1.98. The maximum Gasteiger partial charge on any atom is 0.215 e. The summed E-state index contributed by atoms with van der Waals surface area (Å²) in [4.78, 5) is 3.59. The van der Waals surface area contributed by atoms with Crippen LogP contribution in [0.4, 0.5) is 0 Å². The molecule has 6 N–H and O–H groups in total. The number of nitrogens with two attached hydrogens (primary N) is 2. The van der Waals surface area contributed by atoms with Gasteiger partial charge in [0.2, 0.25) is 5.85 Å². The summed E-state index contributed by atoms with van der Waals surface area (Å²) in [6, 6.07) is 0. The first-order valence-corrected chi connectivity index (χ1v) is 2.40. The van der Waals surface area contributed by atoms with Gasteiger partial charge in [0.1, 0.15) is 5.82 Å². The van der Waals surface area contributed by atoms with E-state index in [1.807, 2.05) is 0 Å². The zero-order valence-electron chi connectivity index (χ0n) is 4.70. The molecule has 0 saturated heterocycles. The average Bonchev–Trinajstić information content (AvgIpc) is 1.60. The number of hydrogen-bond donors (Lipinski definition) is 4. The second kappa shape index (κ2) is 1.71. The Balaban J connectivity index is 2.78. The van der Waals surface area contributed by atoms with Crippen molar-refractivity contribution in [2.45, 2.75) is 5.85 Å². The predicted molar refractivity (Wildman–Crippen MR) is 33.0 cm³/mol.